The fourth-order valence-electron chi connectivity index (χ4n) is 2.29. The lowest BCUT2D eigenvalue weighted by atomic mass is 9.95. The molecular weight excluding hydrogens is 304 g/mol. The molecule has 0 amide bonds. The zero-order valence-corrected chi connectivity index (χ0v) is 13.4. The van der Waals surface area contributed by atoms with E-state index in [0.29, 0.717) is 23.8 Å². The molecule has 22 heavy (non-hydrogen) atoms. The average molecular weight is 324 g/mol. The van der Waals surface area contributed by atoms with Crippen molar-refractivity contribution in [2.75, 3.05) is 6.54 Å². The van der Waals surface area contributed by atoms with E-state index in [0.717, 1.165) is 0 Å². The molecule has 2 rings (SSSR count). The molecule has 0 aliphatic carbocycles. The van der Waals surface area contributed by atoms with Gasteiger partial charge in [0, 0.05) is 23.5 Å². The first kappa shape index (κ1) is 16.7. The highest BCUT2D eigenvalue weighted by Gasteiger charge is 2.30. The fraction of sp³-hybridized carbons (Fsp3) is 0.400. The normalized spacial score (nSPS) is 12.7. The van der Waals surface area contributed by atoms with Gasteiger partial charge < -0.3 is 10.2 Å². The van der Waals surface area contributed by atoms with Crippen LogP contribution in [0.25, 0.3) is 11.0 Å². The summed E-state index contributed by atoms with van der Waals surface area (Å²) in [7, 11) is -3.71. The molecule has 120 valence electrons. The molecule has 6 nitrogen and oxygen atoms in total. The molecule has 0 saturated carbocycles. The summed E-state index contributed by atoms with van der Waals surface area (Å²) in [6, 6.07) is 7.17. The van der Waals surface area contributed by atoms with E-state index in [4.69, 9.17) is 10.2 Å². The van der Waals surface area contributed by atoms with Gasteiger partial charge in [-0.3, -0.25) is 0 Å². The standard InChI is InChI=1S/C15H20N2O4S/c1-3-15(4-2,10-16)17-22(19,20)12-6-7-13-11(9-12)5-8-14(18)21-13/h5-9,17H,3-4,10,16H2,1-2H3. The minimum absolute atomic E-state index is 0.119. The Labute approximate surface area is 129 Å². The molecule has 1 heterocycles. The van der Waals surface area contributed by atoms with Gasteiger partial charge in [0.15, 0.2) is 0 Å². The summed E-state index contributed by atoms with van der Waals surface area (Å²) in [5.74, 6) is 0. The largest absolute Gasteiger partial charge is 0.423 e. The fourth-order valence-corrected chi connectivity index (χ4v) is 3.87. The number of nitrogens with one attached hydrogen (secondary N) is 1. The number of rotatable bonds is 6. The van der Waals surface area contributed by atoms with E-state index < -0.39 is 21.2 Å². The van der Waals surface area contributed by atoms with Crippen molar-refractivity contribution >= 4 is 21.0 Å². The third kappa shape index (κ3) is 3.21. The summed E-state index contributed by atoms with van der Waals surface area (Å²) in [5, 5.41) is 0.550. The van der Waals surface area contributed by atoms with Crippen molar-refractivity contribution in [2.45, 2.75) is 37.1 Å². The van der Waals surface area contributed by atoms with E-state index >= 15 is 0 Å². The zero-order chi connectivity index (χ0) is 16.4. The van der Waals surface area contributed by atoms with Gasteiger partial charge in [-0.2, -0.15) is 0 Å². The van der Waals surface area contributed by atoms with Crippen molar-refractivity contribution in [2.24, 2.45) is 5.73 Å². The Morgan fingerprint density at radius 1 is 1.18 bits per heavy atom. The number of fused-ring (bicyclic) bond motifs is 1. The molecule has 0 aliphatic rings. The highest BCUT2D eigenvalue weighted by atomic mass is 32.2. The molecule has 1 aromatic carbocycles. The van der Waals surface area contributed by atoms with Crippen LogP contribution in [0, 0.1) is 0 Å². The van der Waals surface area contributed by atoms with Crippen molar-refractivity contribution in [3.05, 3.63) is 40.8 Å². The third-order valence-corrected chi connectivity index (χ3v) is 5.57. The third-order valence-electron chi connectivity index (χ3n) is 4.00. The molecule has 0 aliphatic heterocycles. The van der Waals surface area contributed by atoms with E-state index in [9.17, 15) is 13.2 Å². The number of hydrogen-bond acceptors (Lipinski definition) is 5. The highest BCUT2D eigenvalue weighted by molar-refractivity contribution is 7.89. The van der Waals surface area contributed by atoms with Crippen LogP contribution in [0.4, 0.5) is 0 Å². The van der Waals surface area contributed by atoms with Gasteiger partial charge in [0.05, 0.1) is 4.90 Å². The van der Waals surface area contributed by atoms with Crippen LogP contribution < -0.4 is 16.1 Å². The maximum Gasteiger partial charge on any atom is 0.336 e. The van der Waals surface area contributed by atoms with Gasteiger partial charge in [0.2, 0.25) is 10.0 Å². The van der Waals surface area contributed by atoms with Crippen molar-refractivity contribution in [3.8, 4) is 0 Å². The summed E-state index contributed by atoms with van der Waals surface area (Å²) in [6.45, 7) is 4.02. The lowest BCUT2D eigenvalue weighted by Gasteiger charge is -2.31. The molecule has 0 spiro atoms. The van der Waals surface area contributed by atoms with E-state index in [1.165, 1.54) is 30.3 Å². The molecule has 7 heteroatoms. The zero-order valence-electron chi connectivity index (χ0n) is 12.6. The summed E-state index contributed by atoms with van der Waals surface area (Å²) < 4.78 is 32.9. The molecule has 2 aromatic rings. The summed E-state index contributed by atoms with van der Waals surface area (Å²) in [5.41, 5.74) is 4.97. The maximum atomic E-state index is 12.6. The monoisotopic (exact) mass is 324 g/mol. The summed E-state index contributed by atoms with van der Waals surface area (Å²) in [6.07, 6.45) is 1.20. The van der Waals surface area contributed by atoms with Gasteiger partial charge in [-0.1, -0.05) is 13.8 Å². The molecule has 0 unspecified atom stereocenters. The minimum atomic E-state index is -3.71. The smallest absolute Gasteiger partial charge is 0.336 e. The minimum Gasteiger partial charge on any atom is -0.423 e. The van der Waals surface area contributed by atoms with E-state index in [-0.39, 0.29) is 11.4 Å². The van der Waals surface area contributed by atoms with Crippen molar-refractivity contribution < 1.29 is 12.8 Å². The molecule has 3 N–H and O–H groups in total. The van der Waals surface area contributed by atoms with Crippen molar-refractivity contribution in [1.82, 2.24) is 4.72 Å². The molecule has 1 aromatic heterocycles. The second-order valence-corrected chi connectivity index (χ2v) is 6.93. The molecule has 0 fully saturated rings. The summed E-state index contributed by atoms with van der Waals surface area (Å²) in [4.78, 5) is 11.3. The van der Waals surface area contributed by atoms with Crippen LogP contribution in [0.15, 0.2) is 44.4 Å². The number of nitrogens with two attached hydrogens (primary N) is 1. The van der Waals surface area contributed by atoms with E-state index in [2.05, 4.69) is 4.72 Å². The molecule has 0 atom stereocenters. The lowest BCUT2D eigenvalue weighted by molar-refractivity contribution is 0.363. The Balaban J connectivity index is 2.45. The van der Waals surface area contributed by atoms with Gasteiger partial charge in [0.25, 0.3) is 0 Å². The van der Waals surface area contributed by atoms with Crippen LogP contribution in [0.1, 0.15) is 26.7 Å². The predicted octanol–water partition coefficient (Wildman–Crippen LogP) is 1.59. The number of benzene rings is 1. The quantitative estimate of drug-likeness (QED) is 0.786. The van der Waals surface area contributed by atoms with E-state index in [1.807, 2.05) is 13.8 Å². The Morgan fingerprint density at radius 2 is 1.86 bits per heavy atom. The first-order chi connectivity index (χ1) is 10.4. The molecule has 0 bridgehead atoms. The Hall–Kier alpha value is -1.70. The van der Waals surface area contributed by atoms with Crippen LogP contribution in [-0.4, -0.2) is 20.5 Å². The lowest BCUT2D eigenvalue weighted by Crippen LogP contribution is -2.52. The van der Waals surface area contributed by atoms with Gasteiger partial charge in [-0.15, -0.1) is 0 Å². The maximum absolute atomic E-state index is 12.6. The highest BCUT2D eigenvalue weighted by Crippen LogP contribution is 2.21. The van der Waals surface area contributed by atoms with Crippen LogP contribution in [-0.2, 0) is 10.0 Å². The van der Waals surface area contributed by atoms with Crippen LogP contribution >= 0.6 is 0 Å². The molecule has 0 radical (unpaired) electrons. The molecule has 0 saturated heterocycles. The van der Waals surface area contributed by atoms with Gasteiger partial charge in [0.1, 0.15) is 5.58 Å². The Kier molecular flexibility index (Phi) is 4.69. The van der Waals surface area contributed by atoms with Crippen LogP contribution in [0.5, 0.6) is 0 Å². The Bertz CT molecular complexity index is 815. The Morgan fingerprint density at radius 3 is 2.45 bits per heavy atom. The molecular formula is C15H20N2O4S. The SMILES string of the molecule is CCC(CC)(CN)NS(=O)(=O)c1ccc2oc(=O)ccc2c1. The second-order valence-electron chi connectivity index (χ2n) is 5.25. The van der Waals surface area contributed by atoms with Crippen LogP contribution in [0.3, 0.4) is 0 Å². The van der Waals surface area contributed by atoms with E-state index in [1.54, 1.807) is 0 Å². The first-order valence-corrected chi connectivity index (χ1v) is 8.62. The van der Waals surface area contributed by atoms with Gasteiger partial charge in [-0.25, -0.2) is 17.9 Å². The van der Waals surface area contributed by atoms with Gasteiger partial charge >= 0.3 is 5.63 Å². The average Bonchev–Trinajstić information content (AvgIpc) is 2.52. The topological polar surface area (TPSA) is 102 Å². The predicted molar refractivity (Wildman–Crippen MR) is 85.2 cm³/mol. The number of hydrogen-bond donors (Lipinski definition) is 2. The summed E-state index contributed by atoms with van der Waals surface area (Å²) >= 11 is 0. The van der Waals surface area contributed by atoms with Gasteiger partial charge in [-0.05, 0) is 37.1 Å². The number of sulfonamides is 1. The van der Waals surface area contributed by atoms with Crippen molar-refractivity contribution in [1.29, 1.82) is 0 Å². The first-order valence-electron chi connectivity index (χ1n) is 7.14. The van der Waals surface area contributed by atoms with Crippen LogP contribution in [0.2, 0.25) is 0 Å². The second kappa shape index (κ2) is 6.20. The van der Waals surface area contributed by atoms with Crippen molar-refractivity contribution in [3.63, 3.8) is 0 Å².